The van der Waals surface area contributed by atoms with Crippen LogP contribution < -0.4 is 0 Å². The summed E-state index contributed by atoms with van der Waals surface area (Å²) >= 11 is 8.97. The van der Waals surface area contributed by atoms with Crippen molar-refractivity contribution >= 4 is 39.2 Å². The maximum absolute atomic E-state index is 11.0. The van der Waals surface area contributed by atoms with E-state index in [0.717, 1.165) is 0 Å². The molecule has 0 unspecified atom stereocenters. The summed E-state index contributed by atoms with van der Waals surface area (Å²) in [7, 11) is 0. The molecule has 0 bridgehead atoms. The summed E-state index contributed by atoms with van der Waals surface area (Å²) in [5.74, 6) is -1.06. The van der Waals surface area contributed by atoms with E-state index in [9.17, 15) is 14.9 Å². The van der Waals surface area contributed by atoms with Crippen LogP contribution in [0, 0.1) is 10.1 Å². The number of rotatable bonds is 4. The van der Waals surface area contributed by atoms with Crippen molar-refractivity contribution in [1.29, 1.82) is 0 Å². The van der Waals surface area contributed by atoms with Gasteiger partial charge in [0, 0.05) is 22.8 Å². The number of nitro benzene ring substituents is 1. The number of benzene rings is 1. The second-order valence-electron chi connectivity index (χ2n) is 4.01. The number of nitrogens with zero attached hydrogens (tertiary/aromatic N) is 2. The van der Waals surface area contributed by atoms with Crippen LogP contribution in [0.15, 0.2) is 35.1 Å². The zero-order chi connectivity index (χ0) is 14.9. The molecular formula is C12H8BrClN2O4. The molecule has 0 saturated carbocycles. The summed E-state index contributed by atoms with van der Waals surface area (Å²) in [6.45, 7) is 0.168. The minimum atomic E-state index is -1.06. The van der Waals surface area contributed by atoms with Gasteiger partial charge in [0.1, 0.15) is 0 Å². The van der Waals surface area contributed by atoms with Crippen LogP contribution in [-0.2, 0) is 6.54 Å². The first-order valence-electron chi connectivity index (χ1n) is 5.40. The number of halogens is 2. The van der Waals surface area contributed by atoms with Gasteiger partial charge in [-0.2, -0.15) is 0 Å². The summed E-state index contributed by atoms with van der Waals surface area (Å²) in [4.78, 5) is 21.4. The van der Waals surface area contributed by atoms with Crippen molar-refractivity contribution in [3.05, 3.63) is 61.3 Å². The molecule has 0 spiro atoms. The van der Waals surface area contributed by atoms with Gasteiger partial charge in [-0.1, -0.05) is 11.6 Å². The third-order valence-electron chi connectivity index (χ3n) is 2.68. The molecule has 0 aliphatic heterocycles. The minimum absolute atomic E-state index is 0.102. The molecule has 8 heteroatoms. The topological polar surface area (TPSA) is 85.4 Å². The quantitative estimate of drug-likeness (QED) is 0.668. The van der Waals surface area contributed by atoms with Gasteiger partial charge < -0.3 is 9.67 Å². The van der Waals surface area contributed by atoms with E-state index in [1.807, 2.05) is 0 Å². The second kappa shape index (κ2) is 5.64. The van der Waals surface area contributed by atoms with Crippen molar-refractivity contribution in [3.8, 4) is 0 Å². The van der Waals surface area contributed by atoms with Crippen LogP contribution in [0.25, 0.3) is 0 Å². The summed E-state index contributed by atoms with van der Waals surface area (Å²) in [6.07, 6.45) is 1.41. The predicted octanol–water partition coefficient (Wildman–Crippen LogP) is 3.56. The average Bonchev–Trinajstić information content (AvgIpc) is 2.73. The standard InChI is InChI=1S/C12H8BrClN2O4/c13-11-3-8(12(17)18)6-15(11)5-7-1-2-9(14)4-10(7)16(19)20/h1-4,6H,5H2,(H,17,18). The Kier molecular flexibility index (Phi) is 4.10. The second-order valence-corrected chi connectivity index (χ2v) is 5.26. The highest BCUT2D eigenvalue weighted by Gasteiger charge is 2.16. The molecule has 0 aliphatic carbocycles. The van der Waals surface area contributed by atoms with Gasteiger partial charge in [0.15, 0.2) is 0 Å². The van der Waals surface area contributed by atoms with Crippen molar-refractivity contribution in [2.75, 3.05) is 0 Å². The smallest absolute Gasteiger partial charge is 0.337 e. The highest BCUT2D eigenvalue weighted by atomic mass is 79.9. The molecule has 2 aromatic rings. The lowest BCUT2D eigenvalue weighted by Crippen LogP contribution is -2.03. The van der Waals surface area contributed by atoms with Gasteiger partial charge in [0.25, 0.3) is 5.69 Å². The molecule has 0 fully saturated rings. The fourth-order valence-corrected chi connectivity index (χ4v) is 2.38. The Morgan fingerprint density at radius 3 is 2.70 bits per heavy atom. The average molecular weight is 360 g/mol. The van der Waals surface area contributed by atoms with E-state index in [1.165, 1.54) is 18.3 Å². The highest BCUT2D eigenvalue weighted by Crippen LogP contribution is 2.26. The summed E-state index contributed by atoms with van der Waals surface area (Å²) < 4.78 is 2.10. The molecule has 0 aliphatic rings. The molecule has 0 saturated heterocycles. The molecule has 0 radical (unpaired) electrons. The summed E-state index contributed by atoms with van der Waals surface area (Å²) in [5, 5.41) is 20.2. The Morgan fingerprint density at radius 1 is 1.45 bits per heavy atom. The largest absolute Gasteiger partial charge is 0.478 e. The fraction of sp³-hybridized carbons (Fsp3) is 0.0833. The predicted molar refractivity (Wildman–Crippen MR) is 76.3 cm³/mol. The molecule has 1 N–H and O–H groups in total. The van der Waals surface area contributed by atoms with Crippen molar-refractivity contribution in [1.82, 2.24) is 4.57 Å². The van der Waals surface area contributed by atoms with Crippen LogP contribution in [0.4, 0.5) is 5.69 Å². The van der Waals surface area contributed by atoms with Crippen LogP contribution in [0.1, 0.15) is 15.9 Å². The number of carboxylic acid groups (broad SMARTS) is 1. The Hall–Kier alpha value is -1.86. The number of carboxylic acids is 1. The highest BCUT2D eigenvalue weighted by molar-refractivity contribution is 9.10. The van der Waals surface area contributed by atoms with Crippen molar-refractivity contribution < 1.29 is 14.8 Å². The molecule has 2 rings (SSSR count). The SMILES string of the molecule is O=C(O)c1cc(Br)n(Cc2ccc(Cl)cc2[N+](=O)[O-])c1. The van der Waals surface area contributed by atoms with Crippen LogP contribution in [0.2, 0.25) is 5.02 Å². The lowest BCUT2D eigenvalue weighted by atomic mass is 10.2. The lowest BCUT2D eigenvalue weighted by Gasteiger charge is -2.06. The van der Waals surface area contributed by atoms with Crippen LogP contribution in [0.3, 0.4) is 0 Å². The van der Waals surface area contributed by atoms with Gasteiger partial charge in [0.05, 0.1) is 21.6 Å². The number of hydrogen-bond acceptors (Lipinski definition) is 3. The van der Waals surface area contributed by atoms with Crippen molar-refractivity contribution in [2.45, 2.75) is 6.54 Å². The number of aromatic nitrogens is 1. The van der Waals surface area contributed by atoms with Crippen LogP contribution in [0.5, 0.6) is 0 Å². The van der Waals surface area contributed by atoms with Gasteiger partial charge in [-0.15, -0.1) is 0 Å². The Bertz CT molecular complexity index is 699. The summed E-state index contributed by atoms with van der Waals surface area (Å²) in [6, 6.07) is 5.81. The maximum atomic E-state index is 11.0. The van der Waals surface area contributed by atoms with E-state index in [2.05, 4.69) is 15.9 Å². The zero-order valence-electron chi connectivity index (χ0n) is 9.92. The molecule has 1 aromatic carbocycles. The van der Waals surface area contributed by atoms with Crippen LogP contribution in [-0.4, -0.2) is 20.6 Å². The lowest BCUT2D eigenvalue weighted by molar-refractivity contribution is -0.385. The molecule has 20 heavy (non-hydrogen) atoms. The van der Waals surface area contributed by atoms with E-state index in [0.29, 0.717) is 10.2 Å². The Balaban J connectivity index is 2.39. The third-order valence-corrected chi connectivity index (χ3v) is 3.60. The maximum Gasteiger partial charge on any atom is 0.337 e. The number of aromatic carboxylic acids is 1. The Labute approximate surface area is 126 Å². The monoisotopic (exact) mass is 358 g/mol. The molecule has 104 valence electrons. The van der Waals surface area contributed by atoms with Crippen LogP contribution >= 0.6 is 27.5 Å². The minimum Gasteiger partial charge on any atom is -0.478 e. The molecule has 0 atom stereocenters. The molecule has 6 nitrogen and oxygen atoms in total. The Morgan fingerprint density at radius 2 is 2.15 bits per heavy atom. The van der Waals surface area contributed by atoms with Crippen molar-refractivity contribution in [3.63, 3.8) is 0 Å². The molecule has 0 amide bonds. The first kappa shape index (κ1) is 14.5. The fourth-order valence-electron chi connectivity index (χ4n) is 1.74. The molecule has 1 aromatic heterocycles. The van der Waals surface area contributed by atoms with E-state index >= 15 is 0 Å². The van der Waals surface area contributed by atoms with Crippen molar-refractivity contribution in [2.24, 2.45) is 0 Å². The molecular weight excluding hydrogens is 351 g/mol. The normalized spacial score (nSPS) is 10.5. The number of hydrogen-bond donors (Lipinski definition) is 1. The van der Waals surface area contributed by atoms with E-state index < -0.39 is 10.9 Å². The first-order chi connectivity index (χ1) is 9.38. The third kappa shape index (κ3) is 3.00. The van der Waals surface area contributed by atoms with Gasteiger partial charge >= 0.3 is 5.97 Å². The van der Waals surface area contributed by atoms with Gasteiger partial charge in [0.2, 0.25) is 0 Å². The first-order valence-corrected chi connectivity index (χ1v) is 6.57. The molecule has 1 heterocycles. The van der Waals surface area contributed by atoms with E-state index in [4.69, 9.17) is 16.7 Å². The number of carbonyl (C=O) groups is 1. The van der Waals surface area contributed by atoms with E-state index in [-0.39, 0.29) is 22.8 Å². The van der Waals surface area contributed by atoms with Gasteiger partial charge in [-0.05, 0) is 34.1 Å². The van der Waals surface area contributed by atoms with Gasteiger partial charge in [-0.3, -0.25) is 10.1 Å². The van der Waals surface area contributed by atoms with Gasteiger partial charge in [-0.25, -0.2) is 4.79 Å². The zero-order valence-corrected chi connectivity index (χ0v) is 12.3. The number of nitro groups is 1. The van der Waals surface area contributed by atoms with E-state index in [1.54, 1.807) is 16.7 Å². The summed E-state index contributed by atoms with van der Waals surface area (Å²) in [5.41, 5.74) is 0.441.